The Balaban J connectivity index is 1.80. The molecule has 1 aromatic carbocycles. The number of rotatable bonds is 0. The summed E-state index contributed by atoms with van der Waals surface area (Å²) in [6.45, 7) is 0. The molecule has 0 radical (unpaired) electrons. The molecule has 0 fully saturated rings. The van der Waals surface area contributed by atoms with Gasteiger partial charge in [0.05, 0.1) is 6.26 Å². The van der Waals surface area contributed by atoms with E-state index in [0.717, 1.165) is 0 Å². The van der Waals surface area contributed by atoms with E-state index in [1.807, 2.05) is 6.26 Å². The van der Waals surface area contributed by atoms with E-state index in [1.165, 1.54) is 36.0 Å². The summed E-state index contributed by atoms with van der Waals surface area (Å²) >= 11 is 0. The summed E-state index contributed by atoms with van der Waals surface area (Å²) in [5.74, 6) is 1.39. The summed E-state index contributed by atoms with van der Waals surface area (Å²) in [6, 6.07) is 8.79. The summed E-state index contributed by atoms with van der Waals surface area (Å²) < 4.78 is 5.88. The second-order valence-corrected chi connectivity index (χ2v) is 5.30. The maximum Gasteiger partial charge on any atom is 0.120 e. The first kappa shape index (κ1) is 9.52. The quantitative estimate of drug-likeness (QED) is 0.612. The molecule has 0 saturated heterocycles. The first-order valence-electron chi connectivity index (χ1n) is 6.54. The van der Waals surface area contributed by atoms with Gasteiger partial charge in [-0.15, -0.1) is 0 Å². The van der Waals surface area contributed by atoms with Crippen LogP contribution in [0, 0.1) is 11.8 Å². The van der Waals surface area contributed by atoms with Crippen molar-refractivity contribution in [1.82, 2.24) is 0 Å². The van der Waals surface area contributed by atoms with E-state index >= 15 is 0 Å². The van der Waals surface area contributed by atoms with Gasteiger partial charge in [-0.25, -0.2) is 0 Å². The lowest BCUT2D eigenvalue weighted by Crippen LogP contribution is -2.32. The minimum absolute atomic E-state index is 0.342. The zero-order valence-corrected chi connectivity index (χ0v) is 9.80. The highest BCUT2D eigenvalue weighted by molar-refractivity contribution is 5.72. The fraction of sp³-hybridized carbons (Fsp3) is 0.375. The van der Waals surface area contributed by atoms with Crippen molar-refractivity contribution in [3.63, 3.8) is 0 Å². The molecule has 1 nitrogen and oxygen atoms in total. The molecule has 3 atom stereocenters. The fourth-order valence-electron chi connectivity index (χ4n) is 3.62. The predicted octanol–water partition coefficient (Wildman–Crippen LogP) is 3.56. The largest absolute Gasteiger partial charge is 0.493 e. The van der Waals surface area contributed by atoms with Crippen LogP contribution in [0.5, 0.6) is 0 Å². The molecule has 4 rings (SSSR count). The molecule has 86 valence electrons. The van der Waals surface area contributed by atoms with Gasteiger partial charge in [0.25, 0.3) is 0 Å². The summed E-state index contributed by atoms with van der Waals surface area (Å²) in [6.07, 6.45) is 10.6. The molecule has 0 spiro atoms. The lowest BCUT2D eigenvalue weighted by atomic mass is 9.71. The standard InChI is InChI=1S/C16H16O/c1-2-5-12-11(4-1)8-9-13-14-6-3-7-16(14)17-10-15(12)13/h1-5,7,10,13-14,16H,6,8-9H2/t13-,14-,16-/m0/s1. The van der Waals surface area contributed by atoms with Gasteiger partial charge in [-0.05, 0) is 48.0 Å². The molecular formula is C16H16O. The lowest BCUT2D eigenvalue weighted by Gasteiger charge is -2.38. The van der Waals surface area contributed by atoms with Crippen molar-refractivity contribution in [3.05, 3.63) is 53.8 Å². The van der Waals surface area contributed by atoms with E-state index in [-0.39, 0.29) is 0 Å². The number of hydrogen-bond donors (Lipinski definition) is 0. The van der Waals surface area contributed by atoms with Crippen LogP contribution in [0.4, 0.5) is 0 Å². The maximum atomic E-state index is 5.88. The van der Waals surface area contributed by atoms with Gasteiger partial charge in [-0.2, -0.15) is 0 Å². The molecule has 1 aliphatic heterocycles. The Morgan fingerprint density at radius 3 is 3.12 bits per heavy atom. The fourth-order valence-corrected chi connectivity index (χ4v) is 3.62. The molecule has 0 bridgehead atoms. The van der Waals surface area contributed by atoms with Crippen LogP contribution in [0.1, 0.15) is 24.0 Å². The number of allylic oxidation sites excluding steroid dienone is 2. The number of aryl methyl sites for hydroxylation is 1. The third-order valence-electron chi connectivity index (χ3n) is 4.48. The number of ether oxygens (including phenoxy) is 1. The molecule has 0 amide bonds. The van der Waals surface area contributed by atoms with Gasteiger partial charge in [0.1, 0.15) is 6.10 Å². The zero-order chi connectivity index (χ0) is 11.2. The van der Waals surface area contributed by atoms with Gasteiger partial charge < -0.3 is 4.74 Å². The monoisotopic (exact) mass is 224 g/mol. The molecule has 1 heteroatoms. The van der Waals surface area contributed by atoms with E-state index in [0.29, 0.717) is 17.9 Å². The van der Waals surface area contributed by atoms with Gasteiger partial charge in [-0.3, -0.25) is 0 Å². The Hall–Kier alpha value is -1.50. The Morgan fingerprint density at radius 1 is 1.18 bits per heavy atom. The van der Waals surface area contributed by atoms with Crippen molar-refractivity contribution in [1.29, 1.82) is 0 Å². The third-order valence-corrected chi connectivity index (χ3v) is 4.48. The Morgan fingerprint density at radius 2 is 2.12 bits per heavy atom. The zero-order valence-electron chi connectivity index (χ0n) is 9.80. The Bertz CT molecular complexity index is 512. The lowest BCUT2D eigenvalue weighted by molar-refractivity contribution is 0.0959. The van der Waals surface area contributed by atoms with Crippen LogP contribution in [0.2, 0.25) is 0 Å². The van der Waals surface area contributed by atoms with Crippen LogP contribution in [0.25, 0.3) is 5.57 Å². The minimum Gasteiger partial charge on any atom is -0.493 e. The second kappa shape index (κ2) is 3.49. The molecule has 0 saturated carbocycles. The van der Waals surface area contributed by atoms with Crippen LogP contribution in [0.3, 0.4) is 0 Å². The van der Waals surface area contributed by atoms with Crippen LogP contribution in [0.15, 0.2) is 42.7 Å². The van der Waals surface area contributed by atoms with Crippen molar-refractivity contribution in [2.75, 3.05) is 0 Å². The third kappa shape index (κ3) is 1.32. The van der Waals surface area contributed by atoms with Crippen molar-refractivity contribution < 1.29 is 4.74 Å². The highest BCUT2D eigenvalue weighted by atomic mass is 16.5. The summed E-state index contributed by atoms with van der Waals surface area (Å²) in [5.41, 5.74) is 4.36. The van der Waals surface area contributed by atoms with E-state index in [2.05, 4.69) is 36.4 Å². The molecular weight excluding hydrogens is 208 g/mol. The van der Waals surface area contributed by atoms with Crippen LogP contribution in [-0.4, -0.2) is 6.10 Å². The molecule has 2 aliphatic carbocycles. The number of fused-ring (bicyclic) bond motifs is 5. The highest BCUT2D eigenvalue weighted by Crippen LogP contribution is 2.46. The van der Waals surface area contributed by atoms with Gasteiger partial charge in [0, 0.05) is 5.92 Å². The number of benzene rings is 1. The molecule has 3 aliphatic rings. The molecule has 0 unspecified atom stereocenters. The van der Waals surface area contributed by atoms with Gasteiger partial charge in [0.15, 0.2) is 0 Å². The maximum absolute atomic E-state index is 5.88. The van der Waals surface area contributed by atoms with Crippen LogP contribution < -0.4 is 0 Å². The number of hydrogen-bond acceptors (Lipinski definition) is 1. The molecule has 1 aromatic rings. The van der Waals surface area contributed by atoms with Gasteiger partial charge in [-0.1, -0.05) is 30.3 Å². The summed E-state index contributed by atoms with van der Waals surface area (Å²) in [7, 11) is 0. The molecule has 17 heavy (non-hydrogen) atoms. The summed E-state index contributed by atoms with van der Waals surface area (Å²) in [4.78, 5) is 0. The van der Waals surface area contributed by atoms with E-state index in [9.17, 15) is 0 Å². The van der Waals surface area contributed by atoms with Gasteiger partial charge in [0.2, 0.25) is 0 Å². The second-order valence-electron chi connectivity index (χ2n) is 5.30. The minimum atomic E-state index is 0.342. The first-order chi connectivity index (χ1) is 8.43. The van der Waals surface area contributed by atoms with E-state index < -0.39 is 0 Å². The van der Waals surface area contributed by atoms with Crippen molar-refractivity contribution in [3.8, 4) is 0 Å². The molecule has 1 heterocycles. The van der Waals surface area contributed by atoms with Crippen molar-refractivity contribution in [2.24, 2.45) is 11.8 Å². The molecule has 0 aromatic heterocycles. The first-order valence-corrected chi connectivity index (χ1v) is 6.54. The van der Waals surface area contributed by atoms with E-state index in [4.69, 9.17) is 4.74 Å². The van der Waals surface area contributed by atoms with E-state index in [1.54, 1.807) is 0 Å². The Kier molecular flexibility index (Phi) is 1.96. The predicted molar refractivity (Wildman–Crippen MR) is 68.4 cm³/mol. The average molecular weight is 224 g/mol. The average Bonchev–Trinajstić information content (AvgIpc) is 2.86. The highest BCUT2D eigenvalue weighted by Gasteiger charge is 2.39. The van der Waals surface area contributed by atoms with Gasteiger partial charge >= 0.3 is 0 Å². The Labute approximate surface area is 102 Å². The molecule has 0 N–H and O–H groups in total. The van der Waals surface area contributed by atoms with Crippen LogP contribution >= 0.6 is 0 Å². The van der Waals surface area contributed by atoms with Crippen LogP contribution in [-0.2, 0) is 11.2 Å². The van der Waals surface area contributed by atoms with Crippen molar-refractivity contribution in [2.45, 2.75) is 25.4 Å². The topological polar surface area (TPSA) is 9.23 Å². The summed E-state index contributed by atoms with van der Waals surface area (Å²) in [5, 5.41) is 0. The SMILES string of the molecule is C1=C[C@@H]2OC=C3c4ccccc4CC[C@H]3[C@@H]2C1. The normalized spacial score (nSPS) is 33.2. The smallest absolute Gasteiger partial charge is 0.120 e. The van der Waals surface area contributed by atoms with Crippen molar-refractivity contribution >= 4 is 5.57 Å².